The number of Topliss-reactive ketones (excluding diaryl/α,β-unsaturated/α-hetero) is 1. The summed E-state index contributed by atoms with van der Waals surface area (Å²) in [7, 11) is 0. The topological polar surface area (TPSA) is 92.4 Å². The first-order chi connectivity index (χ1) is 15.4. The number of benzene rings is 1. The van der Waals surface area contributed by atoms with E-state index in [0.717, 1.165) is 5.69 Å². The lowest BCUT2D eigenvalue weighted by Gasteiger charge is -2.22. The third-order valence-corrected chi connectivity index (χ3v) is 5.20. The van der Waals surface area contributed by atoms with Crippen molar-refractivity contribution in [1.82, 2.24) is 14.9 Å². The van der Waals surface area contributed by atoms with Gasteiger partial charge in [0.1, 0.15) is 5.69 Å². The van der Waals surface area contributed by atoms with Crippen LogP contribution in [0.25, 0.3) is 0 Å². The number of carbonyl (C=O) groups is 3. The van der Waals surface area contributed by atoms with Crippen molar-refractivity contribution in [3.63, 3.8) is 0 Å². The molecule has 0 aliphatic rings. The van der Waals surface area contributed by atoms with Gasteiger partial charge in [0.25, 0.3) is 5.91 Å². The highest BCUT2D eigenvalue weighted by atomic mass is 16.5. The summed E-state index contributed by atoms with van der Waals surface area (Å²) in [5.41, 5.74) is 3.13. The number of esters is 1. The number of ketones is 1. The number of aromatic amines is 1. The van der Waals surface area contributed by atoms with Gasteiger partial charge in [-0.1, -0.05) is 24.3 Å². The average Bonchev–Trinajstić information content (AvgIpc) is 3.11. The number of H-pyrrole nitrogens is 1. The summed E-state index contributed by atoms with van der Waals surface area (Å²) in [6.45, 7) is 5.64. The van der Waals surface area contributed by atoms with Gasteiger partial charge in [-0.3, -0.25) is 14.6 Å². The van der Waals surface area contributed by atoms with Crippen LogP contribution >= 0.6 is 0 Å². The Kier molecular flexibility index (Phi) is 7.54. The summed E-state index contributed by atoms with van der Waals surface area (Å²) < 4.78 is 5.07. The normalized spacial score (nSPS) is 10.6. The Morgan fingerprint density at radius 1 is 1.03 bits per heavy atom. The summed E-state index contributed by atoms with van der Waals surface area (Å²) in [6.07, 6.45) is 2.22. The van der Waals surface area contributed by atoms with Crippen molar-refractivity contribution >= 4 is 17.7 Å². The first kappa shape index (κ1) is 22.9. The molecule has 0 spiro atoms. The van der Waals surface area contributed by atoms with Crippen LogP contribution in [-0.4, -0.2) is 52.2 Å². The van der Waals surface area contributed by atoms with Gasteiger partial charge in [0.2, 0.25) is 0 Å². The Bertz CT molecular complexity index is 1090. The molecule has 2 aromatic heterocycles. The molecule has 166 valence electrons. The Hall–Kier alpha value is -3.74. The van der Waals surface area contributed by atoms with Crippen molar-refractivity contribution in [2.24, 2.45) is 0 Å². The molecule has 7 nitrogen and oxygen atoms in total. The zero-order chi connectivity index (χ0) is 23.1. The van der Waals surface area contributed by atoms with Crippen molar-refractivity contribution in [3.8, 4) is 0 Å². The van der Waals surface area contributed by atoms with Crippen LogP contribution in [0.5, 0.6) is 0 Å². The standard InChI is InChI=1S/C25H27N3O4/c1-4-32-25(31)23-17(2)22(18(3)27-23)21(29)16-28(15-13-20-12-8-9-14-26-20)24(30)19-10-6-5-7-11-19/h5-12,14,27H,4,13,15-16H2,1-3H3. The average molecular weight is 434 g/mol. The molecule has 3 rings (SSSR count). The van der Waals surface area contributed by atoms with Crippen LogP contribution in [-0.2, 0) is 11.2 Å². The van der Waals surface area contributed by atoms with Crippen LogP contribution in [0.1, 0.15) is 55.1 Å². The molecule has 0 fully saturated rings. The number of aromatic nitrogens is 2. The predicted octanol–water partition coefficient (Wildman–Crippen LogP) is 3.77. The predicted molar refractivity (Wildman–Crippen MR) is 121 cm³/mol. The minimum atomic E-state index is -0.500. The molecular weight excluding hydrogens is 406 g/mol. The minimum absolute atomic E-state index is 0.109. The fourth-order valence-electron chi connectivity index (χ4n) is 3.64. The van der Waals surface area contributed by atoms with E-state index in [4.69, 9.17) is 4.74 Å². The summed E-state index contributed by atoms with van der Waals surface area (Å²) in [6, 6.07) is 14.5. The maximum absolute atomic E-state index is 13.3. The number of hydrogen-bond acceptors (Lipinski definition) is 5. The van der Waals surface area contributed by atoms with Gasteiger partial charge in [0.05, 0.1) is 13.2 Å². The van der Waals surface area contributed by atoms with Crippen LogP contribution in [0.3, 0.4) is 0 Å². The molecule has 1 N–H and O–H groups in total. The highest BCUT2D eigenvalue weighted by Crippen LogP contribution is 2.20. The number of ether oxygens (including phenoxy) is 1. The quantitative estimate of drug-likeness (QED) is 0.410. The van der Waals surface area contributed by atoms with Gasteiger partial charge in [-0.15, -0.1) is 0 Å². The van der Waals surface area contributed by atoms with Gasteiger partial charge in [0, 0.05) is 41.7 Å². The van der Waals surface area contributed by atoms with Crippen LogP contribution in [0.4, 0.5) is 0 Å². The minimum Gasteiger partial charge on any atom is -0.461 e. The first-order valence-electron chi connectivity index (χ1n) is 10.6. The van der Waals surface area contributed by atoms with Gasteiger partial charge in [-0.2, -0.15) is 0 Å². The number of nitrogens with zero attached hydrogens (tertiary/aromatic N) is 2. The van der Waals surface area contributed by atoms with E-state index >= 15 is 0 Å². The molecule has 32 heavy (non-hydrogen) atoms. The van der Waals surface area contributed by atoms with Gasteiger partial charge in [-0.25, -0.2) is 4.79 Å². The molecule has 7 heteroatoms. The van der Waals surface area contributed by atoms with E-state index in [1.54, 1.807) is 51.2 Å². The van der Waals surface area contributed by atoms with Gasteiger partial charge < -0.3 is 14.6 Å². The summed E-state index contributed by atoms with van der Waals surface area (Å²) in [4.78, 5) is 47.4. The van der Waals surface area contributed by atoms with Gasteiger partial charge in [0.15, 0.2) is 5.78 Å². The molecule has 0 aliphatic carbocycles. The maximum Gasteiger partial charge on any atom is 0.355 e. The molecular formula is C25H27N3O4. The molecule has 1 amide bonds. The van der Waals surface area contributed by atoms with E-state index < -0.39 is 5.97 Å². The summed E-state index contributed by atoms with van der Waals surface area (Å²) in [5.74, 6) is -0.969. The van der Waals surface area contributed by atoms with Crippen LogP contribution in [0.2, 0.25) is 0 Å². The first-order valence-corrected chi connectivity index (χ1v) is 10.6. The zero-order valence-corrected chi connectivity index (χ0v) is 18.6. The second-order valence-electron chi connectivity index (χ2n) is 7.43. The third-order valence-electron chi connectivity index (χ3n) is 5.20. The molecule has 0 unspecified atom stereocenters. The second-order valence-corrected chi connectivity index (χ2v) is 7.43. The number of pyridine rings is 1. The number of rotatable bonds is 9. The lowest BCUT2D eigenvalue weighted by Crippen LogP contribution is -2.37. The van der Waals surface area contributed by atoms with Crippen molar-refractivity contribution in [1.29, 1.82) is 0 Å². The molecule has 0 bridgehead atoms. The second kappa shape index (κ2) is 10.5. The number of carbonyl (C=O) groups excluding carboxylic acids is 3. The van der Waals surface area contributed by atoms with E-state index in [-0.39, 0.29) is 30.5 Å². The van der Waals surface area contributed by atoms with Gasteiger partial charge >= 0.3 is 5.97 Å². The van der Waals surface area contributed by atoms with E-state index in [1.807, 2.05) is 24.3 Å². The van der Waals surface area contributed by atoms with E-state index in [0.29, 0.717) is 35.3 Å². The molecule has 3 aromatic rings. The Morgan fingerprint density at radius 2 is 1.75 bits per heavy atom. The summed E-state index contributed by atoms with van der Waals surface area (Å²) in [5, 5.41) is 0. The number of amides is 1. The lowest BCUT2D eigenvalue weighted by atomic mass is 10.0. The highest BCUT2D eigenvalue weighted by molar-refractivity contribution is 6.05. The van der Waals surface area contributed by atoms with Crippen LogP contribution in [0, 0.1) is 13.8 Å². The number of aryl methyl sites for hydroxylation is 1. The Labute approximate surface area is 187 Å². The SMILES string of the molecule is CCOC(=O)c1[nH]c(C)c(C(=O)CN(CCc2ccccn2)C(=O)c2ccccc2)c1C. The Morgan fingerprint density at radius 3 is 2.41 bits per heavy atom. The van der Waals surface area contributed by atoms with Crippen molar-refractivity contribution < 1.29 is 19.1 Å². The third kappa shape index (κ3) is 5.29. The molecule has 0 saturated carbocycles. The van der Waals surface area contributed by atoms with Crippen molar-refractivity contribution in [2.45, 2.75) is 27.2 Å². The van der Waals surface area contributed by atoms with Gasteiger partial charge in [-0.05, 0) is 50.6 Å². The molecule has 0 radical (unpaired) electrons. The fraction of sp³-hybridized carbons (Fsp3) is 0.280. The number of hydrogen-bond donors (Lipinski definition) is 1. The van der Waals surface area contributed by atoms with E-state index in [2.05, 4.69) is 9.97 Å². The Balaban J connectivity index is 1.84. The largest absolute Gasteiger partial charge is 0.461 e. The molecule has 0 atom stereocenters. The highest BCUT2D eigenvalue weighted by Gasteiger charge is 2.26. The van der Waals surface area contributed by atoms with Crippen LogP contribution in [0.15, 0.2) is 54.7 Å². The van der Waals surface area contributed by atoms with Crippen molar-refractivity contribution in [2.75, 3.05) is 19.7 Å². The zero-order valence-electron chi connectivity index (χ0n) is 18.6. The molecule has 0 saturated heterocycles. The number of nitrogens with one attached hydrogen (secondary N) is 1. The lowest BCUT2D eigenvalue weighted by molar-refractivity contribution is 0.0519. The van der Waals surface area contributed by atoms with E-state index in [1.165, 1.54) is 4.90 Å². The van der Waals surface area contributed by atoms with Crippen LogP contribution < -0.4 is 0 Å². The molecule has 1 aromatic carbocycles. The smallest absolute Gasteiger partial charge is 0.355 e. The molecule has 2 heterocycles. The molecule has 0 aliphatic heterocycles. The summed E-state index contributed by atoms with van der Waals surface area (Å²) >= 11 is 0. The fourth-order valence-corrected chi connectivity index (χ4v) is 3.64. The monoisotopic (exact) mass is 433 g/mol. The maximum atomic E-state index is 13.3. The van der Waals surface area contributed by atoms with Crippen molar-refractivity contribution in [3.05, 3.63) is 88.5 Å². The van der Waals surface area contributed by atoms with E-state index in [9.17, 15) is 14.4 Å².